The van der Waals surface area contributed by atoms with Crippen LogP contribution in [0.2, 0.25) is 0 Å². The highest BCUT2D eigenvalue weighted by Crippen LogP contribution is 2.38. The molecule has 0 amide bonds. The molecule has 2 aliphatic carbocycles. The minimum atomic E-state index is -0.0831. The summed E-state index contributed by atoms with van der Waals surface area (Å²) in [7, 11) is 0. The Balaban J connectivity index is 1.27. The molecule has 2 fully saturated rings. The largest absolute Gasteiger partial charge is 0.487 e. The number of rotatable bonds is 6. The van der Waals surface area contributed by atoms with Gasteiger partial charge in [-0.1, -0.05) is 24.0 Å². The molecule has 0 saturated heterocycles. The van der Waals surface area contributed by atoms with Crippen LogP contribution in [0.4, 0.5) is 0 Å². The number of hydrogen-bond donors (Lipinski definition) is 0. The summed E-state index contributed by atoms with van der Waals surface area (Å²) in [5, 5.41) is 0. The molecule has 1 atom stereocenters. The Morgan fingerprint density at radius 3 is 2.50 bits per heavy atom. The Kier molecular flexibility index (Phi) is 5.53. The average Bonchev–Trinajstić information content (AvgIpc) is 3.70. The smallest absolute Gasteiger partial charge is 0.254 e. The number of nitrogens with zero attached hydrogens (tertiary/aromatic N) is 3. The van der Waals surface area contributed by atoms with Gasteiger partial charge in [-0.3, -0.25) is 14.8 Å². The predicted molar refractivity (Wildman–Crippen MR) is 124 cm³/mol. The van der Waals surface area contributed by atoms with Crippen molar-refractivity contribution >= 4 is 0 Å². The second-order valence-corrected chi connectivity index (χ2v) is 8.88. The van der Waals surface area contributed by atoms with E-state index in [2.05, 4.69) is 33.9 Å². The van der Waals surface area contributed by atoms with Crippen molar-refractivity contribution < 1.29 is 4.74 Å². The zero-order chi connectivity index (χ0) is 22.1. The van der Waals surface area contributed by atoms with Crippen LogP contribution >= 0.6 is 0 Å². The van der Waals surface area contributed by atoms with Crippen LogP contribution in [-0.4, -0.2) is 14.5 Å². The number of aromatic nitrogens is 3. The molecule has 3 aromatic rings. The lowest BCUT2D eigenvalue weighted by Gasteiger charge is -2.19. The third-order valence-corrected chi connectivity index (χ3v) is 6.12. The Labute approximate surface area is 188 Å². The minimum absolute atomic E-state index is 0.0807. The molecule has 5 heteroatoms. The molecule has 0 aliphatic heterocycles. The lowest BCUT2D eigenvalue weighted by atomic mass is 10.1. The maximum atomic E-state index is 12.9. The van der Waals surface area contributed by atoms with Gasteiger partial charge in [-0.05, 0) is 63.3 Å². The van der Waals surface area contributed by atoms with E-state index in [-0.39, 0.29) is 11.6 Å². The first kappa shape index (κ1) is 20.5. The van der Waals surface area contributed by atoms with Crippen LogP contribution in [0.5, 0.6) is 5.75 Å². The maximum absolute atomic E-state index is 12.9. The van der Waals surface area contributed by atoms with E-state index in [4.69, 9.17) is 4.74 Å². The van der Waals surface area contributed by atoms with Gasteiger partial charge in [-0.25, -0.2) is 0 Å². The fourth-order valence-electron chi connectivity index (χ4n) is 3.86. The first-order valence-electron chi connectivity index (χ1n) is 11.3. The molecule has 1 aromatic carbocycles. The van der Waals surface area contributed by atoms with Gasteiger partial charge >= 0.3 is 0 Å². The summed E-state index contributed by atoms with van der Waals surface area (Å²) in [5.74, 6) is 8.24. The Hall–Kier alpha value is -3.39. The highest BCUT2D eigenvalue weighted by atomic mass is 16.5. The summed E-state index contributed by atoms with van der Waals surface area (Å²) >= 11 is 0. The Morgan fingerprint density at radius 1 is 1.09 bits per heavy atom. The topological polar surface area (TPSA) is 57.0 Å². The molecule has 32 heavy (non-hydrogen) atoms. The molecule has 0 bridgehead atoms. The van der Waals surface area contributed by atoms with E-state index in [1.54, 1.807) is 16.8 Å². The fourth-order valence-corrected chi connectivity index (χ4v) is 3.86. The van der Waals surface area contributed by atoms with Gasteiger partial charge in [-0.15, -0.1) is 0 Å². The van der Waals surface area contributed by atoms with E-state index >= 15 is 0 Å². The molecule has 2 aliphatic rings. The quantitative estimate of drug-likeness (QED) is 0.534. The molecule has 2 saturated carbocycles. The molecule has 0 N–H and O–H groups in total. The van der Waals surface area contributed by atoms with Gasteiger partial charge in [0.1, 0.15) is 12.4 Å². The van der Waals surface area contributed by atoms with Crippen molar-refractivity contribution in [2.24, 2.45) is 5.92 Å². The number of ether oxygens (including phenoxy) is 1. The zero-order valence-corrected chi connectivity index (χ0v) is 18.5. The van der Waals surface area contributed by atoms with Crippen LogP contribution in [0.15, 0.2) is 53.6 Å². The summed E-state index contributed by atoms with van der Waals surface area (Å²) in [5.41, 5.74) is 4.69. The fraction of sp³-hybridized carbons (Fsp3) is 0.370. The van der Waals surface area contributed by atoms with Crippen molar-refractivity contribution in [3.8, 4) is 17.6 Å². The van der Waals surface area contributed by atoms with Gasteiger partial charge in [0.2, 0.25) is 0 Å². The van der Waals surface area contributed by atoms with Gasteiger partial charge in [-0.2, -0.15) is 0 Å². The van der Waals surface area contributed by atoms with Crippen molar-refractivity contribution in [2.75, 3.05) is 0 Å². The summed E-state index contributed by atoms with van der Waals surface area (Å²) in [6.07, 6.45) is 8.47. The monoisotopic (exact) mass is 425 g/mol. The third kappa shape index (κ3) is 4.75. The Bertz CT molecular complexity index is 1230. The van der Waals surface area contributed by atoms with E-state index in [0.717, 1.165) is 28.2 Å². The molecule has 0 radical (unpaired) electrons. The number of hydrogen-bond acceptors (Lipinski definition) is 4. The van der Waals surface area contributed by atoms with E-state index in [1.807, 2.05) is 38.2 Å². The molecule has 2 heterocycles. The molecule has 5 nitrogen and oxygen atoms in total. The molecular weight excluding hydrogens is 398 g/mol. The standard InChI is InChI=1S/C27H27N3O2/c1-18-13-25(32-17-24-15-29-26(16-28-24)23-11-12-23)14-27(31)30(18)19(2)22-9-7-21(8-10-22)6-5-20-3-4-20/h7-10,13-16,19-20,23H,3-4,11-12,17H2,1-2H3/t19-/m1/s1. The van der Waals surface area contributed by atoms with Gasteiger partial charge in [0, 0.05) is 35.4 Å². The van der Waals surface area contributed by atoms with Crippen LogP contribution in [0.25, 0.3) is 0 Å². The van der Waals surface area contributed by atoms with Crippen LogP contribution in [0.1, 0.15) is 72.8 Å². The molecule has 2 aromatic heterocycles. The van der Waals surface area contributed by atoms with Gasteiger partial charge < -0.3 is 9.30 Å². The lowest BCUT2D eigenvalue weighted by molar-refractivity contribution is 0.298. The van der Waals surface area contributed by atoms with Crippen LogP contribution in [0, 0.1) is 24.7 Å². The van der Waals surface area contributed by atoms with Crippen LogP contribution in [0.3, 0.4) is 0 Å². The second-order valence-electron chi connectivity index (χ2n) is 8.88. The van der Waals surface area contributed by atoms with Crippen molar-refractivity contribution in [2.45, 2.75) is 58.1 Å². The van der Waals surface area contributed by atoms with Crippen molar-refractivity contribution in [3.05, 3.63) is 87.4 Å². The molecule has 162 valence electrons. The van der Waals surface area contributed by atoms with Gasteiger partial charge in [0.05, 0.1) is 23.6 Å². The number of aryl methyl sites for hydroxylation is 1. The lowest BCUT2D eigenvalue weighted by Crippen LogP contribution is -2.25. The second kappa shape index (κ2) is 8.63. The van der Waals surface area contributed by atoms with Gasteiger partial charge in [0.25, 0.3) is 5.56 Å². The summed E-state index contributed by atoms with van der Waals surface area (Å²) in [4.78, 5) is 21.8. The Morgan fingerprint density at radius 2 is 1.88 bits per heavy atom. The molecule has 0 unspecified atom stereocenters. The summed E-state index contributed by atoms with van der Waals surface area (Å²) < 4.78 is 7.64. The molecular formula is C27H27N3O2. The van der Waals surface area contributed by atoms with Crippen LogP contribution in [-0.2, 0) is 6.61 Å². The van der Waals surface area contributed by atoms with E-state index < -0.39 is 0 Å². The summed E-state index contributed by atoms with van der Waals surface area (Å²) in [6, 6.07) is 11.6. The molecule has 0 spiro atoms. The van der Waals surface area contributed by atoms with Crippen molar-refractivity contribution in [3.63, 3.8) is 0 Å². The highest BCUT2D eigenvalue weighted by Gasteiger charge is 2.25. The van der Waals surface area contributed by atoms with Gasteiger partial charge in [0.15, 0.2) is 0 Å². The zero-order valence-electron chi connectivity index (χ0n) is 18.5. The third-order valence-electron chi connectivity index (χ3n) is 6.12. The number of pyridine rings is 1. The molecule has 5 rings (SSSR count). The SMILES string of the molecule is Cc1cc(OCc2cnc(C3CC3)cn2)cc(=O)n1[C@H](C)c1ccc(C#CC2CC2)cc1. The highest BCUT2D eigenvalue weighted by molar-refractivity contribution is 5.38. The number of benzene rings is 1. The summed E-state index contributed by atoms with van der Waals surface area (Å²) in [6.45, 7) is 4.26. The predicted octanol–water partition coefficient (Wildman–Crippen LogP) is 4.77. The first-order valence-corrected chi connectivity index (χ1v) is 11.3. The minimum Gasteiger partial charge on any atom is -0.487 e. The van der Waals surface area contributed by atoms with Crippen molar-refractivity contribution in [1.29, 1.82) is 0 Å². The van der Waals surface area contributed by atoms with Crippen molar-refractivity contribution in [1.82, 2.24) is 14.5 Å². The normalized spacial score (nSPS) is 16.2. The first-order chi connectivity index (χ1) is 15.6. The maximum Gasteiger partial charge on any atom is 0.254 e. The van der Waals surface area contributed by atoms with E-state index in [0.29, 0.717) is 24.2 Å². The van der Waals surface area contributed by atoms with Crippen LogP contribution < -0.4 is 10.3 Å². The van der Waals surface area contributed by atoms with E-state index in [9.17, 15) is 4.79 Å². The van der Waals surface area contributed by atoms with E-state index in [1.165, 1.54) is 25.7 Å². The average molecular weight is 426 g/mol.